The van der Waals surface area contributed by atoms with Crippen LogP contribution in [0.4, 0.5) is 4.79 Å². The Bertz CT molecular complexity index is 467. The van der Waals surface area contributed by atoms with Crippen LogP contribution in [0.15, 0.2) is 30.3 Å². The molecule has 1 aliphatic heterocycles. The molecular formula is C18H29N3O2. The molecule has 0 aliphatic carbocycles. The summed E-state index contributed by atoms with van der Waals surface area (Å²) in [6.45, 7) is 5.17. The summed E-state index contributed by atoms with van der Waals surface area (Å²) in [5.41, 5.74) is 1.08. The van der Waals surface area contributed by atoms with Gasteiger partial charge in [-0.05, 0) is 44.3 Å². The first kappa shape index (κ1) is 17.8. The Morgan fingerprint density at radius 2 is 2.17 bits per heavy atom. The monoisotopic (exact) mass is 319 g/mol. The van der Waals surface area contributed by atoms with Gasteiger partial charge in [0.15, 0.2) is 0 Å². The summed E-state index contributed by atoms with van der Waals surface area (Å²) in [7, 11) is 0. The van der Waals surface area contributed by atoms with Gasteiger partial charge >= 0.3 is 6.03 Å². The number of hydrogen-bond donors (Lipinski definition) is 3. The molecule has 1 aromatic rings. The fourth-order valence-corrected chi connectivity index (χ4v) is 3.27. The number of nitrogens with one attached hydrogen (secondary N) is 2. The molecule has 1 aromatic carbocycles. The van der Waals surface area contributed by atoms with Crippen LogP contribution in [0, 0.1) is 0 Å². The molecule has 2 amide bonds. The number of hydrogen-bond acceptors (Lipinski definition) is 3. The number of likely N-dealkylation sites (tertiary alicyclic amines) is 1. The molecule has 0 aromatic heterocycles. The minimum Gasteiger partial charge on any atom is -0.396 e. The van der Waals surface area contributed by atoms with Gasteiger partial charge in [-0.3, -0.25) is 4.90 Å². The third kappa shape index (κ3) is 5.52. The van der Waals surface area contributed by atoms with Crippen LogP contribution in [0.3, 0.4) is 0 Å². The van der Waals surface area contributed by atoms with Crippen molar-refractivity contribution < 1.29 is 9.90 Å². The van der Waals surface area contributed by atoms with E-state index in [1.807, 2.05) is 30.3 Å². The van der Waals surface area contributed by atoms with Gasteiger partial charge in [0.2, 0.25) is 0 Å². The number of aliphatic hydroxyl groups is 1. The van der Waals surface area contributed by atoms with Crippen molar-refractivity contribution >= 4 is 6.03 Å². The Balaban J connectivity index is 1.85. The van der Waals surface area contributed by atoms with Gasteiger partial charge in [-0.1, -0.05) is 37.3 Å². The summed E-state index contributed by atoms with van der Waals surface area (Å²) in [5, 5.41) is 15.1. The van der Waals surface area contributed by atoms with E-state index in [9.17, 15) is 4.79 Å². The SMILES string of the molecule is CCN1CCCC1CNC(=O)NC(CCCO)c1ccccc1. The predicted octanol–water partition coefficient (Wildman–Crippen LogP) is 2.28. The van der Waals surface area contributed by atoms with Gasteiger partial charge in [0.1, 0.15) is 0 Å². The lowest BCUT2D eigenvalue weighted by atomic mass is 10.0. The first-order valence-corrected chi connectivity index (χ1v) is 8.68. The number of benzene rings is 1. The van der Waals surface area contributed by atoms with Crippen molar-refractivity contribution in [3.63, 3.8) is 0 Å². The number of amides is 2. The van der Waals surface area contributed by atoms with Gasteiger partial charge in [0.05, 0.1) is 6.04 Å². The van der Waals surface area contributed by atoms with Crippen LogP contribution in [-0.2, 0) is 0 Å². The van der Waals surface area contributed by atoms with Crippen LogP contribution in [0.1, 0.15) is 44.2 Å². The lowest BCUT2D eigenvalue weighted by molar-refractivity contribution is 0.223. The normalized spacial score (nSPS) is 19.5. The Hall–Kier alpha value is -1.59. The maximum atomic E-state index is 12.2. The van der Waals surface area contributed by atoms with E-state index in [-0.39, 0.29) is 18.7 Å². The number of carbonyl (C=O) groups excluding carboxylic acids is 1. The minimum absolute atomic E-state index is 0.0609. The number of urea groups is 1. The molecule has 2 atom stereocenters. The van der Waals surface area contributed by atoms with Gasteiger partial charge in [-0.25, -0.2) is 4.79 Å². The highest BCUT2D eigenvalue weighted by molar-refractivity contribution is 5.74. The van der Waals surface area contributed by atoms with Gasteiger partial charge in [-0.15, -0.1) is 0 Å². The Morgan fingerprint density at radius 1 is 1.39 bits per heavy atom. The fourth-order valence-electron chi connectivity index (χ4n) is 3.27. The van der Waals surface area contributed by atoms with Crippen molar-refractivity contribution in [1.29, 1.82) is 0 Å². The molecule has 0 radical (unpaired) electrons. The minimum atomic E-state index is -0.125. The highest BCUT2D eigenvalue weighted by Gasteiger charge is 2.23. The topological polar surface area (TPSA) is 64.6 Å². The first-order chi connectivity index (χ1) is 11.2. The molecule has 1 heterocycles. The van der Waals surface area contributed by atoms with E-state index < -0.39 is 0 Å². The summed E-state index contributed by atoms with van der Waals surface area (Å²) in [5.74, 6) is 0. The van der Waals surface area contributed by atoms with Crippen LogP contribution in [0.2, 0.25) is 0 Å². The third-order valence-electron chi connectivity index (χ3n) is 4.56. The molecule has 1 fully saturated rings. The highest BCUT2D eigenvalue weighted by atomic mass is 16.3. The highest BCUT2D eigenvalue weighted by Crippen LogP contribution is 2.18. The standard InChI is InChI=1S/C18H29N3O2/c1-2-21-12-6-10-16(21)14-19-18(23)20-17(11-7-13-22)15-8-4-3-5-9-15/h3-5,8-9,16-17,22H,2,6-7,10-14H2,1H3,(H2,19,20,23). The van der Waals surface area contributed by atoms with Crippen LogP contribution in [0.5, 0.6) is 0 Å². The molecule has 2 rings (SSSR count). The quantitative estimate of drug-likeness (QED) is 0.689. The molecule has 5 heteroatoms. The van der Waals surface area contributed by atoms with Gasteiger partial charge in [-0.2, -0.15) is 0 Å². The predicted molar refractivity (Wildman–Crippen MR) is 92.3 cm³/mol. The average Bonchev–Trinajstić information content (AvgIpc) is 3.05. The Kier molecular flexibility index (Phi) is 7.36. The van der Waals surface area contributed by atoms with E-state index >= 15 is 0 Å². The van der Waals surface area contributed by atoms with Crippen molar-refractivity contribution in [1.82, 2.24) is 15.5 Å². The van der Waals surface area contributed by atoms with Gasteiger partial charge < -0.3 is 15.7 Å². The molecule has 0 bridgehead atoms. The summed E-state index contributed by atoms with van der Waals surface area (Å²) in [6, 6.07) is 10.2. The molecule has 0 spiro atoms. The van der Waals surface area contributed by atoms with Crippen molar-refractivity contribution in [3.05, 3.63) is 35.9 Å². The van der Waals surface area contributed by atoms with E-state index in [1.54, 1.807) is 0 Å². The van der Waals surface area contributed by atoms with Crippen LogP contribution in [0.25, 0.3) is 0 Å². The summed E-state index contributed by atoms with van der Waals surface area (Å²) in [6.07, 6.45) is 3.77. The van der Waals surface area contributed by atoms with Crippen molar-refractivity contribution in [2.45, 2.75) is 44.7 Å². The average molecular weight is 319 g/mol. The molecule has 3 N–H and O–H groups in total. The second kappa shape index (κ2) is 9.53. The summed E-state index contributed by atoms with van der Waals surface area (Å²) in [4.78, 5) is 14.7. The van der Waals surface area contributed by atoms with Crippen LogP contribution < -0.4 is 10.6 Å². The zero-order valence-electron chi connectivity index (χ0n) is 14.0. The molecule has 2 unspecified atom stereocenters. The zero-order valence-corrected chi connectivity index (χ0v) is 14.0. The summed E-state index contributed by atoms with van der Waals surface area (Å²) >= 11 is 0. The molecule has 23 heavy (non-hydrogen) atoms. The molecule has 5 nitrogen and oxygen atoms in total. The van der Waals surface area contributed by atoms with E-state index in [1.165, 1.54) is 6.42 Å². The fraction of sp³-hybridized carbons (Fsp3) is 0.611. The van der Waals surface area contributed by atoms with E-state index in [0.29, 0.717) is 19.0 Å². The number of likely N-dealkylation sites (N-methyl/N-ethyl adjacent to an activating group) is 1. The van der Waals surface area contributed by atoms with E-state index in [0.717, 1.165) is 31.5 Å². The molecule has 1 saturated heterocycles. The second-order valence-corrected chi connectivity index (χ2v) is 6.11. The van der Waals surface area contributed by atoms with Crippen LogP contribution in [-0.4, -0.2) is 48.3 Å². The maximum absolute atomic E-state index is 12.2. The molecular weight excluding hydrogens is 290 g/mol. The first-order valence-electron chi connectivity index (χ1n) is 8.68. The van der Waals surface area contributed by atoms with Crippen molar-refractivity contribution in [3.8, 4) is 0 Å². The Morgan fingerprint density at radius 3 is 2.87 bits per heavy atom. The van der Waals surface area contributed by atoms with Crippen molar-refractivity contribution in [2.24, 2.45) is 0 Å². The number of aliphatic hydroxyl groups excluding tert-OH is 1. The summed E-state index contributed by atoms with van der Waals surface area (Å²) < 4.78 is 0. The van der Waals surface area contributed by atoms with Crippen LogP contribution >= 0.6 is 0 Å². The molecule has 1 aliphatic rings. The maximum Gasteiger partial charge on any atom is 0.315 e. The van der Waals surface area contributed by atoms with Crippen molar-refractivity contribution in [2.75, 3.05) is 26.2 Å². The smallest absolute Gasteiger partial charge is 0.315 e. The van der Waals surface area contributed by atoms with E-state index in [4.69, 9.17) is 5.11 Å². The number of carbonyl (C=O) groups is 1. The van der Waals surface area contributed by atoms with E-state index in [2.05, 4.69) is 22.5 Å². The largest absolute Gasteiger partial charge is 0.396 e. The third-order valence-corrected chi connectivity index (χ3v) is 4.56. The van der Waals surface area contributed by atoms with Gasteiger partial charge in [0.25, 0.3) is 0 Å². The zero-order chi connectivity index (χ0) is 16.5. The molecule has 128 valence electrons. The molecule has 0 saturated carbocycles. The Labute approximate surface area is 139 Å². The number of nitrogens with zero attached hydrogens (tertiary/aromatic N) is 1. The van der Waals surface area contributed by atoms with Gasteiger partial charge in [0, 0.05) is 19.2 Å². The number of rotatable bonds is 8. The lowest BCUT2D eigenvalue weighted by Crippen LogP contribution is -2.44. The lowest BCUT2D eigenvalue weighted by Gasteiger charge is -2.24. The second-order valence-electron chi connectivity index (χ2n) is 6.11.